The summed E-state index contributed by atoms with van der Waals surface area (Å²) in [5, 5.41) is 17.1. The summed E-state index contributed by atoms with van der Waals surface area (Å²) >= 11 is 11.9. The first-order chi connectivity index (χ1) is 11.3. The van der Waals surface area contributed by atoms with E-state index in [1.165, 1.54) is 6.07 Å². The smallest absolute Gasteiger partial charge is 0.274 e. The number of anilines is 2. The Balaban J connectivity index is 2.08. The monoisotopic (exact) mass is 367 g/mol. The number of nitro benzene ring substituents is 1. The number of nitrogens with one attached hydrogen (secondary N) is 2. The van der Waals surface area contributed by atoms with Crippen molar-refractivity contribution in [2.75, 3.05) is 17.2 Å². The van der Waals surface area contributed by atoms with Gasteiger partial charge >= 0.3 is 0 Å². The average molecular weight is 368 g/mol. The number of amides is 1. The van der Waals surface area contributed by atoms with Crippen LogP contribution in [0.25, 0.3) is 0 Å². The van der Waals surface area contributed by atoms with Gasteiger partial charge in [0.05, 0.1) is 27.2 Å². The van der Waals surface area contributed by atoms with E-state index >= 15 is 0 Å². The Kier molecular flexibility index (Phi) is 5.64. The topological polar surface area (TPSA) is 84.3 Å². The number of nitro groups is 1. The van der Waals surface area contributed by atoms with Crippen molar-refractivity contribution >= 4 is 46.2 Å². The van der Waals surface area contributed by atoms with Crippen LogP contribution in [0.4, 0.5) is 17.1 Å². The Morgan fingerprint density at radius 1 is 1.17 bits per heavy atom. The number of halogens is 2. The summed E-state index contributed by atoms with van der Waals surface area (Å²) in [6, 6.07) is 8.04. The number of carbonyl (C=O) groups is 1. The van der Waals surface area contributed by atoms with E-state index < -0.39 is 4.92 Å². The summed E-state index contributed by atoms with van der Waals surface area (Å²) in [6.45, 7) is 3.41. The summed E-state index contributed by atoms with van der Waals surface area (Å²) < 4.78 is 0. The van der Waals surface area contributed by atoms with Crippen molar-refractivity contribution in [3.63, 3.8) is 0 Å². The molecule has 0 saturated carbocycles. The van der Waals surface area contributed by atoms with Crippen molar-refractivity contribution in [1.82, 2.24) is 0 Å². The first kappa shape index (κ1) is 18.0. The second-order valence-electron chi connectivity index (χ2n) is 5.21. The predicted molar refractivity (Wildman–Crippen MR) is 96.2 cm³/mol. The fraction of sp³-hybridized carbons (Fsp3) is 0.188. The molecule has 0 atom stereocenters. The van der Waals surface area contributed by atoms with Gasteiger partial charge < -0.3 is 10.6 Å². The molecule has 2 aromatic carbocycles. The third-order valence-electron chi connectivity index (χ3n) is 3.40. The van der Waals surface area contributed by atoms with Crippen LogP contribution in [0.3, 0.4) is 0 Å². The number of carbonyl (C=O) groups excluding carboxylic acids is 1. The third kappa shape index (κ3) is 4.15. The Bertz CT molecular complexity index is 809. The van der Waals surface area contributed by atoms with E-state index in [-0.39, 0.29) is 23.2 Å². The van der Waals surface area contributed by atoms with E-state index in [9.17, 15) is 14.9 Å². The van der Waals surface area contributed by atoms with Crippen LogP contribution in [0, 0.1) is 24.0 Å². The van der Waals surface area contributed by atoms with E-state index in [1.807, 2.05) is 6.92 Å². The fourth-order valence-corrected chi connectivity index (χ4v) is 2.55. The molecule has 0 fully saturated rings. The normalized spacial score (nSPS) is 10.3. The molecular formula is C16H15Cl2N3O3. The second kappa shape index (κ2) is 7.51. The highest BCUT2D eigenvalue weighted by atomic mass is 35.5. The molecular weight excluding hydrogens is 353 g/mol. The third-order valence-corrected chi connectivity index (χ3v) is 4.22. The van der Waals surface area contributed by atoms with Crippen molar-refractivity contribution in [3.05, 3.63) is 61.6 Å². The molecule has 0 aliphatic rings. The largest absolute Gasteiger partial charge is 0.376 e. The number of hydrogen-bond acceptors (Lipinski definition) is 4. The van der Waals surface area contributed by atoms with Gasteiger partial charge in [0, 0.05) is 17.3 Å². The van der Waals surface area contributed by atoms with Crippen LogP contribution in [-0.4, -0.2) is 17.4 Å². The van der Waals surface area contributed by atoms with Gasteiger partial charge in [-0.1, -0.05) is 29.3 Å². The summed E-state index contributed by atoms with van der Waals surface area (Å²) in [6.07, 6.45) is 0. The maximum atomic E-state index is 12.0. The van der Waals surface area contributed by atoms with Gasteiger partial charge in [0.15, 0.2) is 0 Å². The number of aryl methyl sites for hydroxylation is 2. The lowest BCUT2D eigenvalue weighted by atomic mass is 10.1. The van der Waals surface area contributed by atoms with E-state index in [2.05, 4.69) is 10.6 Å². The van der Waals surface area contributed by atoms with Crippen LogP contribution in [0.15, 0.2) is 30.3 Å². The summed E-state index contributed by atoms with van der Waals surface area (Å²) in [5.41, 5.74) is 2.31. The summed E-state index contributed by atoms with van der Waals surface area (Å²) in [4.78, 5) is 22.6. The van der Waals surface area contributed by atoms with E-state index in [0.717, 1.165) is 5.56 Å². The molecule has 0 aliphatic carbocycles. The molecule has 0 saturated heterocycles. The number of benzene rings is 2. The number of rotatable bonds is 5. The minimum atomic E-state index is -0.453. The van der Waals surface area contributed by atoms with Crippen LogP contribution in [0.1, 0.15) is 11.1 Å². The summed E-state index contributed by atoms with van der Waals surface area (Å²) in [7, 11) is 0. The highest BCUT2D eigenvalue weighted by molar-refractivity contribution is 6.44. The van der Waals surface area contributed by atoms with Crippen molar-refractivity contribution in [3.8, 4) is 0 Å². The zero-order valence-corrected chi connectivity index (χ0v) is 14.5. The van der Waals surface area contributed by atoms with Gasteiger partial charge in [0.2, 0.25) is 5.91 Å². The van der Waals surface area contributed by atoms with Crippen molar-refractivity contribution < 1.29 is 9.72 Å². The van der Waals surface area contributed by atoms with Gasteiger partial charge in [-0.05, 0) is 37.6 Å². The molecule has 126 valence electrons. The van der Waals surface area contributed by atoms with E-state index in [4.69, 9.17) is 23.2 Å². The summed E-state index contributed by atoms with van der Waals surface area (Å²) in [5.74, 6) is -0.346. The van der Waals surface area contributed by atoms with E-state index in [1.54, 1.807) is 31.2 Å². The first-order valence-electron chi connectivity index (χ1n) is 7.03. The Morgan fingerprint density at radius 2 is 1.88 bits per heavy atom. The van der Waals surface area contributed by atoms with Crippen molar-refractivity contribution in [1.29, 1.82) is 0 Å². The second-order valence-corrected chi connectivity index (χ2v) is 6.00. The SMILES string of the molecule is Cc1cc(C)c([N+](=O)[O-])cc1NCC(=O)Nc1cccc(Cl)c1Cl. The van der Waals surface area contributed by atoms with Gasteiger partial charge in [-0.15, -0.1) is 0 Å². The minimum absolute atomic E-state index is 0.00129. The van der Waals surface area contributed by atoms with Gasteiger partial charge in [0.25, 0.3) is 5.69 Å². The molecule has 6 nitrogen and oxygen atoms in total. The highest BCUT2D eigenvalue weighted by Crippen LogP contribution is 2.29. The first-order valence-corrected chi connectivity index (χ1v) is 7.78. The molecule has 0 heterocycles. The van der Waals surface area contributed by atoms with Gasteiger partial charge in [-0.3, -0.25) is 14.9 Å². The Morgan fingerprint density at radius 3 is 2.54 bits per heavy atom. The quantitative estimate of drug-likeness (QED) is 0.598. The minimum Gasteiger partial charge on any atom is -0.376 e. The fourth-order valence-electron chi connectivity index (χ4n) is 2.20. The lowest BCUT2D eigenvalue weighted by Crippen LogP contribution is -2.22. The molecule has 0 radical (unpaired) electrons. The Labute approximate surface area is 148 Å². The molecule has 0 bridgehead atoms. The molecule has 24 heavy (non-hydrogen) atoms. The molecule has 0 aliphatic heterocycles. The van der Waals surface area contributed by atoms with Crippen LogP contribution >= 0.6 is 23.2 Å². The number of hydrogen-bond donors (Lipinski definition) is 2. The maximum Gasteiger partial charge on any atom is 0.274 e. The van der Waals surface area contributed by atoms with Gasteiger partial charge in [0.1, 0.15) is 0 Å². The lowest BCUT2D eigenvalue weighted by molar-refractivity contribution is -0.385. The molecule has 0 spiro atoms. The molecule has 2 rings (SSSR count). The lowest BCUT2D eigenvalue weighted by Gasteiger charge is -2.12. The maximum absolute atomic E-state index is 12.0. The zero-order valence-electron chi connectivity index (χ0n) is 13.0. The predicted octanol–water partition coefficient (Wildman–Crippen LogP) is 4.57. The molecule has 0 aromatic heterocycles. The molecule has 8 heteroatoms. The van der Waals surface area contributed by atoms with Crippen molar-refractivity contribution in [2.45, 2.75) is 13.8 Å². The number of nitrogens with zero attached hydrogens (tertiary/aromatic N) is 1. The zero-order chi connectivity index (χ0) is 17.9. The van der Waals surface area contributed by atoms with Crippen LogP contribution in [-0.2, 0) is 4.79 Å². The van der Waals surface area contributed by atoms with E-state index in [0.29, 0.717) is 22.0 Å². The average Bonchev–Trinajstić information content (AvgIpc) is 2.50. The van der Waals surface area contributed by atoms with Crippen LogP contribution in [0.2, 0.25) is 10.0 Å². The van der Waals surface area contributed by atoms with Crippen LogP contribution in [0.5, 0.6) is 0 Å². The van der Waals surface area contributed by atoms with Gasteiger partial charge in [-0.2, -0.15) is 0 Å². The Hall–Kier alpha value is -2.31. The van der Waals surface area contributed by atoms with Crippen LogP contribution < -0.4 is 10.6 Å². The van der Waals surface area contributed by atoms with Gasteiger partial charge in [-0.25, -0.2) is 0 Å². The molecule has 1 amide bonds. The molecule has 0 unspecified atom stereocenters. The highest BCUT2D eigenvalue weighted by Gasteiger charge is 2.14. The standard InChI is InChI=1S/C16H15Cl2N3O3/c1-9-6-10(2)14(21(23)24)7-13(9)19-8-15(22)20-12-5-3-4-11(17)16(12)18/h3-7,19H,8H2,1-2H3,(H,20,22). The molecule has 2 N–H and O–H groups in total. The van der Waals surface area contributed by atoms with Crippen molar-refractivity contribution in [2.24, 2.45) is 0 Å². The molecule has 2 aromatic rings.